The van der Waals surface area contributed by atoms with Gasteiger partial charge >= 0.3 is 0 Å². The molecule has 2 heteroatoms. The van der Waals surface area contributed by atoms with Crippen LogP contribution in [0.25, 0.3) is 0 Å². The maximum atomic E-state index is 3.41. The minimum absolute atomic E-state index is 0.653. The van der Waals surface area contributed by atoms with E-state index in [4.69, 9.17) is 0 Å². The molecule has 2 nitrogen and oxygen atoms in total. The van der Waals surface area contributed by atoms with E-state index in [-0.39, 0.29) is 0 Å². The van der Waals surface area contributed by atoms with E-state index in [1.165, 1.54) is 25.8 Å². The topological polar surface area (TPSA) is 15.3 Å². The van der Waals surface area contributed by atoms with Crippen molar-refractivity contribution in [2.75, 3.05) is 13.6 Å². The largest absolute Gasteiger partial charge is 0.315 e. The Kier molecular flexibility index (Phi) is 4.20. The van der Waals surface area contributed by atoms with E-state index in [2.05, 4.69) is 38.0 Å². The SMILES string of the molecule is CCC(NC)C(C)N1CCCC1C. The molecule has 0 aliphatic carbocycles. The minimum atomic E-state index is 0.653. The van der Waals surface area contributed by atoms with Gasteiger partial charge in [0.1, 0.15) is 0 Å². The zero-order valence-electron chi connectivity index (χ0n) is 9.51. The molecule has 1 fully saturated rings. The molecule has 0 amide bonds. The number of likely N-dealkylation sites (N-methyl/N-ethyl adjacent to an activating group) is 1. The van der Waals surface area contributed by atoms with E-state index in [0.29, 0.717) is 12.1 Å². The summed E-state index contributed by atoms with van der Waals surface area (Å²) in [6.07, 6.45) is 3.98. The molecule has 1 N–H and O–H groups in total. The van der Waals surface area contributed by atoms with Gasteiger partial charge in [0.2, 0.25) is 0 Å². The number of hydrogen-bond donors (Lipinski definition) is 1. The van der Waals surface area contributed by atoms with Gasteiger partial charge in [0.25, 0.3) is 0 Å². The lowest BCUT2D eigenvalue weighted by Gasteiger charge is -2.34. The fraction of sp³-hybridized carbons (Fsp3) is 1.00. The summed E-state index contributed by atoms with van der Waals surface area (Å²) in [6.45, 7) is 8.26. The van der Waals surface area contributed by atoms with E-state index < -0.39 is 0 Å². The monoisotopic (exact) mass is 184 g/mol. The summed E-state index contributed by atoms with van der Waals surface area (Å²) in [5.74, 6) is 0. The first-order chi connectivity index (χ1) is 6.20. The Labute approximate surface area is 82.7 Å². The lowest BCUT2D eigenvalue weighted by atomic mass is 10.1. The van der Waals surface area contributed by atoms with E-state index in [1.807, 2.05) is 0 Å². The van der Waals surface area contributed by atoms with Gasteiger partial charge in [-0.05, 0) is 46.7 Å². The highest BCUT2D eigenvalue weighted by Crippen LogP contribution is 2.21. The summed E-state index contributed by atoms with van der Waals surface area (Å²) in [6, 6.07) is 2.13. The number of likely N-dealkylation sites (tertiary alicyclic amines) is 1. The molecule has 0 bridgehead atoms. The first-order valence-corrected chi connectivity index (χ1v) is 5.63. The van der Waals surface area contributed by atoms with Crippen LogP contribution in [0.5, 0.6) is 0 Å². The van der Waals surface area contributed by atoms with Crippen molar-refractivity contribution in [1.29, 1.82) is 0 Å². The average molecular weight is 184 g/mol. The molecule has 1 saturated heterocycles. The second-order valence-corrected chi connectivity index (χ2v) is 4.27. The van der Waals surface area contributed by atoms with Crippen LogP contribution in [-0.4, -0.2) is 36.6 Å². The Morgan fingerprint density at radius 2 is 2.23 bits per heavy atom. The standard InChI is InChI=1S/C11H24N2/c1-5-11(12-4)10(3)13-8-6-7-9(13)2/h9-12H,5-8H2,1-4H3. The molecule has 78 valence electrons. The molecule has 1 aliphatic rings. The van der Waals surface area contributed by atoms with Crippen LogP contribution in [0.3, 0.4) is 0 Å². The zero-order valence-corrected chi connectivity index (χ0v) is 9.51. The molecule has 3 atom stereocenters. The van der Waals surface area contributed by atoms with Crippen LogP contribution in [0.4, 0.5) is 0 Å². The molecular formula is C11H24N2. The van der Waals surface area contributed by atoms with Crippen LogP contribution in [0.15, 0.2) is 0 Å². The Morgan fingerprint density at radius 3 is 2.62 bits per heavy atom. The smallest absolute Gasteiger partial charge is 0.0223 e. The predicted molar refractivity (Wildman–Crippen MR) is 58.0 cm³/mol. The third kappa shape index (κ3) is 2.44. The van der Waals surface area contributed by atoms with Gasteiger partial charge in [-0.25, -0.2) is 0 Å². The highest BCUT2D eigenvalue weighted by Gasteiger charge is 2.28. The molecular weight excluding hydrogens is 160 g/mol. The molecule has 0 aromatic carbocycles. The number of nitrogens with one attached hydrogen (secondary N) is 1. The van der Waals surface area contributed by atoms with Crippen LogP contribution in [0, 0.1) is 0 Å². The van der Waals surface area contributed by atoms with E-state index in [1.54, 1.807) is 0 Å². The average Bonchev–Trinajstić information content (AvgIpc) is 2.53. The van der Waals surface area contributed by atoms with Crippen LogP contribution in [0.1, 0.15) is 40.0 Å². The molecule has 0 spiro atoms. The molecule has 0 aromatic rings. The van der Waals surface area contributed by atoms with Gasteiger partial charge < -0.3 is 5.32 Å². The lowest BCUT2D eigenvalue weighted by Crippen LogP contribution is -2.48. The summed E-state index contributed by atoms with van der Waals surface area (Å²) in [7, 11) is 2.07. The Hall–Kier alpha value is -0.0800. The molecule has 1 heterocycles. The molecule has 0 radical (unpaired) electrons. The quantitative estimate of drug-likeness (QED) is 0.717. The minimum Gasteiger partial charge on any atom is -0.315 e. The van der Waals surface area contributed by atoms with Gasteiger partial charge in [0, 0.05) is 18.1 Å². The fourth-order valence-corrected chi connectivity index (χ4v) is 2.58. The number of nitrogens with zero attached hydrogens (tertiary/aromatic N) is 1. The van der Waals surface area contributed by atoms with Crippen molar-refractivity contribution in [2.45, 2.75) is 58.2 Å². The summed E-state index contributed by atoms with van der Waals surface area (Å²) < 4.78 is 0. The molecule has 1 aliphatic heterocycles. The summed E-state index contributed by atoms with van der Waals surface area (Å²) in [5.41, 5.74) is 0. The Morgan fingerprint density at radius 1 is 1.54 bits per heavy atom. The lowest BCUT2D eigenvalue weighted by molar-refractivity contribution is 0.164. The van der Waals surface area contributed by atoms with Crippen LogP contribution < -0.4 is 5.32 Å². The van der Waals surface area contributed by atoms with Gasteiger partial charge in [-0.15, -0.1) is 0 Å². The van der Waals surface area contributed by atoms with Gasteiger partial charge in [-0.3, -0.25) is 4.90 Å². The molecule has 1 rings (SSSR count). The van der Waals surface area contributed by atoms with Crippen LogP contribution in [0.2, 0.25) is 0 Å². The van der Waals surface area contributed by atoms with Crippen molar-refractivity contribution >= 4 is 0 Å². The van der Waals surface area contributed by atoms with Crippen molar-refractivity contribution in [2.24, 2.45) is 0 Å². The van der Waals surface area contributed by atoms with Crippen molar-refractivity contribution in [3.63, 3.8) is 0 Å². The number of hydrogen-bond acceptors (Lipinski definition) is 2. The molecule has 0 saturated carbocycles. The highest BCUT2D eigenvalue weighted by atomic mass is 15.2. The predicted octanol–water partition coefficient (Wildman–Crippen LogP) is 1.86. The van der Waals surface area contributed by atoms with Gasteiger partial charge in [-0.2, -0.15) is 0 Å². The summed E-state index contributed by atoms with van der Waals surface area (Å²) in [4.78, 5) is 2.64. The van der Waals surface area contributed by atoms with Gasteiger partial charge in [0.05, 0.1) is 0 Å². The number of rotatable bonds is 4. The van der Waals surface area contributed by atoms with Crippen molar-refractivity contribution in [3.8, 4) is 0 Å². The van der Waals surface area contributed by atoms with E-state index in [0.717, 1.165) is 6.04 Å². The molecule has 0 aromatic heterocycles. The first kappa shape index (κ1) is 11.0. The van der Waals surface area contributed by atoms with Crippen LogP contribution >= 0.6 is 0 Å². The first-order valence-electron chi connectivity index (χ1n) is 5.63. The third-order valence-corrected chi connectivity index (χ3v) is 3.52. The van der Waals surface area contributed by atoms with Gasteiger partial charge in [0.15, 0.2) is 0 Å². The van der Waals surface area contributed by atoms with Gasteiger partial charge in [-0.1, -0.05) is 6.92 Å². The van der Waals surface area contributed by atoms with E-state index in [9.17, 15) is 0 Å². The second kappa shape index (κ2) is 4.97. The van der Waals surface area contributed by atoms with Crippen LogP contribution in [-0.2, 0) is 0 Å². The van der Waals surface area contributed by atoms with Crippen molar-refractivity contribution < 1.29 is 0 Å². The second-order valence-electron chi connectivity index (χ2n) is 4.27. The molecule has 13 heavy (non-hydrogen) atoms. The third-order valence-electron chi connectivity index (χ3n) is 3.52. The summed E-state index contributed by atoms with van der Waals surface area (Å²) >= 11 is 0. The van der Waals surface area contributed by atoms with Crippen molar-refractivity contribution in [3.05, 3.63) is 0 Å². The Bertz CT molecular complexity index is 143. The van der Waals surface area contributed by atoms with Crippen molar-refractivity contribution in [1.82, 2.24) is 10.2 Å². The van der Waals surface area contributed by atoms with E-state index >= 15 is 0 Å². The molecule has 3 unspecified atom stereocenters. The maximum Gasteiger partial charge on any atom is 0.0223 e. The Balaban J connectivity index is 2.49. The summed E-state index contributed by atoms with van der Waals surface area (Å²) in [5, 5.41) is 3.41. The maximum absolute atomic E-state index is 3.41. The normalized spacial score (nSPS) is 29.1. The zero-order chi connectivity index (χ0) is 9.84. The highest BCUT2D eigenvalue weighted by molar-refractivity contribution is 4.86. The fourth-order valence-electron chi connectivity index (χ4n) is 2.58.